The molecule has 80 valence electrons. The molecule has 0 N–H and O–H groups in total. The highest BCUT2D eigenvalue weighted by Gasteiger charge is 2.08. The molecule has 0 saturated carbocycles. The summed E-state index contributed by atoms with van der Waals surface area (Å²) in [6.45, 7) is 0. The van der Waals surface area contributed by atoms with E-state index in [-0.39, 0.29) is 5.97 Å². The van der Waals surface area contributed by atoms with Crippen LogP contribution in [0.3, 0.4) is 0 Å². The summed E-state index contributed by atoms with van der Waals surface area (Å²) in [6.07, 6.45) is 10.1. The van der Waals surface area contributed by atoms with Gasteiger partial charge in [-0.25, -0.2) is 4.79 Å². The summed E-state index contributed by atoms with van der Waals surface area (Å²) in [5, 5.41) is 0. The Hall–Kier alpha value is -2.09. The minimum Gasteiger partial charge on any atom is -0.423 e. The standard InChI is InChI=1S/C14H12O2/c15-14(12-8-4-1-2-5-9-12)16-13-10-6-3-7-11-13/h1-4,6-11H,5H2. The first-order valence-corrected chi connectivity index (χ1v) is 5.17. The number of rotatable bonds is 2. The van der Waals surface area contributed by atoms with Gasteiger partial charge in [0, 0.05) is 0 Å². The maximum atomic E-state index is 11.8. The first kappa shape index (κ1) is 10.4. The molecule has 2 rings (SSSR count). The van der Waals surface area contributed by atoms with Crippen molar-refractivity contribution in [1.29, 1.82) is 0 Å². The van der Waals surface area contributed by atoms with Crippen molar-refractivity contribution < 1.29 is 9.53 Å². The van der Waals surface area contributed by atoms with E-state index in [4.69, 9.17) is 4.74 Å². The second kappa shape index (κ2) is 5.12. The van der Waals surface area contributed by atoms with Crippen LogP contribution in [-0.2, 0) is 4.79 Å². The Morgan fingerprint density at radius 2 is 1.94 bits per heavy atom. The number of para-hydroxylation sites is 1. The van der Waals surface area contributed by atoms with Crippen molar-refractivity contribution in [3.8, 4) is 5.75 Å². The molecule has 2 heteroatoms. The second-order valence-corrected chi connectivity index (χ2v) is 3.39. The van der Waals surface area contributed by atoms with Crippen molar-refractivity contribution in [2.75, 3.05) is 0 Å². The summed E-state index contributed by atoms with van der Waals surface area (Å²) in [5.74, 6) is 0.255. The average Bonchev–Trinajstić information content (AvgIpc) is 2.59. The molecule has 0 heterocycles. The molecular weight excluding hydrogens is 200 g/mol. The lowest BCUT2D eigenvalue weighted by molar-refractivity contribution is -0.129. The molecule has 0 atom stereocenters. The number of benzene rings is 1. The molecule has 0 bridgehead atoms. The lowest BCUT2D eigenvalue weighted by Gasteiger charge is -2.03. The molecule has 1 aromatic rings. The first-order valence-electron chi connectivity index (χ1n) is 5.17. The zero-order valence-electron chi connectivity index (χ0n) is 8.80. The van der Waals surface area contributed by atoms with Gasteiger partial charge in [-0.1, -0.05) is 42.5 Å². The number of esters is 1. The fourth-order valence-corrected chi connectivity index (χ4v) is 1.39. The van der Waals surface area contributed by atoms with Crippen LogP contribution in [0.2, 0.25) is 0 Å². The maximum absolute atomic E-state index is 11.8. The van der Waals surface area contributed by atoms with Gasteiger partial charge >= 0.3 is 5.97 Å². The molecule has 1 aromatic carbocycles. The maximum Gasteiger partial charge on any atom is 0.343 e. The van der Waals surface area contributed by atoms with Gasteiger partial charge in [-0.05, 0) is 24.6 Å². The summed E-state index contributed by atoms with van der Waals surface area (Å²) in [4.78, 5) is 11.8. The van der Waals surface area contributed by atoms with E-state index in [0.717, 1.165) is 6.42 Å². The quantitative estimate of drug-likeness (QED) is 0.556. The van der Waals surface area contributed by atoms with Crippen LogP contribution in [-0.4, -0.2) is 5.97 Å². The van der Waals surface area contributed by atoms with Crippen LogP contribution < -0.4 is 4.74 Å². The molecule has 0 saturated heterocycles. The molecule has 1 aliphatic rings. The molecule has 0 spiro atoms. The van der Waals surface area contributed by atoms with Crippen LogP contribution in [0.15, 0.2) is 66.3 Å². The highest BCUT2D eigenvalue weighted by Crippen LogP contribution is 2.13. The fourth-order valence-electron chi connectivity index (χ4n) is 1.39. The number of ether oxygens (including phenoxy) is 1. The van der Waals surface area contributed by atoms with Gasteiger partial charge in [0.05, 0.1) is 5.57 Å². The molecule has 0 radical (unpaired) electrons. The van der Waals surface area contributed by atoms with Crippen LogP contribution in [0, 0.1) is 0 Å². The van der Waals surface area contributed by atoms with E-state index in [2.05, 4.69) is 0 Å². The van der Waals surface area contributed by atoms with Gasteiger partial charge in [-0.3, -0.25) is 0 Å². The van der Waals surface area contributed by atoms with Crippen molar-refractivity contribution in [2.24, 2.45) is 0 Å². The van der Waals surface area contributed by atoms with E-state index in [1.807, 2.05) is 42.5 Å². The second-order valence-electron chi connectivity index (χ2n) is 3.39. The van der Waals surface area contributed by atoms with E-state index in [9.17, 15) is 4.79 Å². The third-order valence-corrected chi connectivity index (χ3v) is 2.19. The Morgan fingerprint density at radius 3 is 2.75 bits per heavy atom. The van der Waals surface area contributed by atoms with Crippen LogP contribution in [0.1, 0.15) is 6.42 Å². The predicted octanol–water partition coefficient (Wildman–Crippen LogP) is 3.03. The van der Waals surface area contributed by atoms with Crippen molar-refractivity contribution >= 4 is 5.97 Å². The number of allylic oxidation sites excluding steroid dienone is 4. The Labute approximate surface area is 94.6 Å². The largest absolute Gasteiger partial charge is 0.423 e. The number of hydrogen-bond acceptors (Lipinski definition) is 2. The lowest BCUT2D eigenvalue weighted by atomic mass is 10.2. The lowest BCUT2D eigenvalue weighted by Crippen LogP contribution is -2.09. The molecule has 0 amide bonds. The van der Waals surface area contributed by atoms with Crippen molar-refractivity contribution in [2.45, 2.75) is 6.42 Å². The number of hydrogen-bond donors (Lipinski definition) is 0. The van der Waals surface area contributed by atoms with Gasteiger partial charge < -0.3 is 4.74 Å². The summed E-state index contributed by atoms with van der Waals surface area (Å²) >= 11 is 0. The van der Waals surface area contributed by atoms with Crippen LogP contribution in [0.25, 0.3) is 0 Å². The van der Waals surface area contributed by atoms with Gasteiger partial charge in [0.2, 0.25) is 0 Å². The normalized spacial score (nSPS) is 14.1. The average molecular weight is 212 g/mol. The Bertz CT molecular complexity index is 453. The monoisotopic (exact) mass is 212 g/mol. The molecular formula is C14H12O2. The number of carbonyl (C=O) groups is 1. The minimum atomic E-state index is -0.314. The molecule has 16 heavy (non-hydrogen) atoms. The van der Waals surface area contributed by atoms with Gasteiger partial charge in [-0.2, -0.15) is 0 Å². The van der Waals surface area contributed by atoms with Gasteiger partial charge in [0.15, 0.2) is 0 Å². The van der Waals surface area contributed by atoms with Gasteiger partial charge in [0.1, 0.15) is 5.75 Å². The van der Waals surface area contributed by atoms with E-state index < -0.39 is 0 Å². The van der Waals surface area contributed by atoms with Gasteiger partial charge in [-0.15, -0.1) is 0 Å². The van der Waals surface area contributed by atoms with Crippen LogP contribution in [0.4, 0.5) is 0 Å². The van der Waals surface area contributed by atoms with Crippen molar-refractivity contribution in [3.63, 3.8) is 0 Å². The van der Waals surface area contributed by atoms with E-state index in [1.165, 1.54) is 0 Å². The highest BCUT2D eigenvalue weighted by atomic mass is 16.5. The molecule has 0 aromatic heterocycles. The molecule has 0 fully saturated rings. The smallest absolute Gasteiger partial charge is 0.343 e. The summed E-state index contributed by atoms with van der Waals surface area (Å²) in [5.41, 5.74) is 0.592. The topological polar surface area (TPSA) is 26.3 Å². The third-order valence-electron chi connectivity index (χ3n) is 2.19. The summed E-state index contributed by atoms with van der Waals surface area (Å²) in [7, 11) is 0. The van der Waals surface area contributed by atoms with E-state index in [0.29, 0.717) is 11.3 Å². The van der Waals surface area contributed by atoms with Crippen LogP contribution in [0.5, 0.6) is 5.75 Å². The summed E-state index contributed by atoms with van der Waals surface area (Å²) < 4.78 is 5.22. The first-order chi connectivity index (χ1) is 7.86. The molecule has 1 aliphatic carbocycles. The predicted molar refractivity (Wildman–Crippen MR) is 63.1 cm³/mol. The highest BCUT2D eigenvalue weighted by molar-refractivity contribution is 5.93. The van der Waals surface area contributed by atoms with E-state index in [1.54, 1.807) is 18.2 Å². The van der Waals surface area contributed by atoms with Crippen LogP contribution >= 0.6 is 0 Å². The minimum absolute atomic E-state index is 0.314. The van der Waals surface area contributed by atoms with Crippen molar-refractivity contribution in [3.05, 3.63) is 66.3 Å². The number of carbonyl (C=O) groups excluding carboxylic acids is 1. The van der Waals surface area contributed by atoms with Crippen molar-refractivity contribution in [1.82, 2.24) is 0 Å². The molecule has 0 aliphatic heterocycles. The Kier molecular flexibility index (Phi) is 3.34. The summed E-state index contributed by atoms with van der Waals surface area (Å²) in [6, 6.07) is 9.07. The molecule has 0 unspecified atom stereocenters. The SMILES string of the molecule is O=C(Oc1ccccc1)C1=CCC=CC=C1. The zero-order valence-corrected chi connectivity index (χ0v) is 8.80. The van der Waals surface area contributed by atoms with Gasteiger partial charge in [0.25, 0.3) is 0 Å². The third kappa shape index (κ3) is 2.70. The zero-order chi connectivity index (χ0) is 11.2. The Balaban J connectivity index is 2.06. The fraction of sp³-hybridized carbons (Fsp3) is 0.0714. The molecule has 2 nitrogen and oxygen atoms in total. The Morgan fingerprint density at radius 1 is 1.12 bits per heavy atom. The van der Waals surface area contributed by atoms with E-state index >= 15 is 0 Å².